The smallest absolute Gasteiger partial charge is 0.408 e. The Bertz CT molecular complexity index is 818. The third kappa shape index (κ3) is 4.23. The SMILES string of the molecule is C=CCOC(=O)N[C@@H](CCO)C(=O)OCC1c2ccccc2-c2ccccc21. The Kier molecular flexibility index (Phi) is 6.45. The third-order valence-electron chi connectivity index (χ3n) is 4.68. The summed E-state index contributed by atoms with van der Waals surface area (Å²) in [5, 5.41) is 11.6. The van der Waals surface area contributed by atoms with Crippen LogP contribution in [0.1, 0.15) is 23.5 Å². The normalized spacial score (nSPS) is 13.2. The molecule has 1 amide bonds. The van der Waals surface area contributed by atoms with Crippen molar-refractivity contribution in [3.63, 3.8) is 0 Å². The molecule has 0 unspecified atom stereocenters. The van der Waals surface area contributed by atoms with Gasteiger partial charge in [-0.25, -0.2) is 9.59 Å². The van der Waals surface area contributed by atoms with E-state index < -0.39 is 18.1 Å². The molecule has 28 heavy (non-hydrogen) atoms. The average molecular weight is 381 g/mol. The highest BCUT2D eigenvalue weighted by Crippen LogP contribution is 2.44. The van der Waals surface area contributed by atoms with Gasteiger partial charge in [0.15, 0.2) is 0 Å². The van der Waals surface area contributed by atoms with E-state index in [9.17, 15) is 14.7 Å². The summed E-state index contributed by atoms with van der Waals surface area (Å²) in [6.07, 6.45) is 0.709. The Morgan fingerprint density at radius 2 is 1.68 bits per heavy atom. The molecule has 6 heteroatoms. The molecule has 0 aliphatic heterocycles. The molecule has 6 nitrogen and oxygen atoms in total. The number of hydrogen-bond donors (Lipinski definition) is 2. The summed E-state index contributed by atoms with van der Waals surface area (Å²) in [5.41, 5.74) is 4.48. The summed E-state index contributed by atoms with van der Waals surface area (Å²) in [7, 11) is 0. The van der Waals surface area contributed by atoms with Crippen LogP contribution in [-0.4, -0.2) is 43.0 Å². The molecule has 2 N–H and O–H groups in total. The average Bonchev–Trinajstić information content (AvgIpc) is 3.04. The Morgan fingerprint density at radius 1 is 1.07 bits per heavy atom. The van der Waals surface area contributed by atoms with Gasteiger partial charge < -0.3 is 19.9 Å². The quantitative estimate of drug-likeness (QED) is 0.542. The van der Waals surface area contributed by atoms with Gasteiger partial charge in [0.2, 0.25) is 0 Å². The van der Waals surface area contributed by atoms with Crippen LogP contribution >= 0.6 is 0 Å². The number of alkyl carbamates (subject to hydrolysis) is 1. The summed E-state index contributed by atoms with van der Waals surface area (Å²) < 4.78 is 10.4. The van der Waals surface area contributed by atoms with E-state index >= 15 is 0 Å². The lowest BCUT2D eigenvalue weighted by Crippen LogP contribution is -2.43. The first-order valence-corrected chi connectivity index (χ1v) is 9.15. The zero-order valence-electron chi connectivity index (χ0n) is 15.5. The predicted molar refractivity (Wildman–Crippen MR) is 105 cm³/mol. The van der Waals surface area contributed by atoms with Crippen LogP contribution in [0.15, 0.2) is 61.2 Å². The lowest BCUT2D eigenvalue weighted by Gasteiger charge is -2.19. The van der Waals surface area contributed by atoms with Crippen molar-refractivity contribution in [3.05, 3.63) is 72.3 Å². The number of carbonyl (C=O) groups excluding carboxylic acids is 2. The molecular weight excluding hydrogens is 358 g/mol. The molecule has 0 aromatic heterocycles. The van der Waals surface area contributed by atoms with E-state index in [2.05, 4.69) is 24.0 Å². The van der Waals surface area contributed by atoms with E-state index in [1.165, 1.54) is 6.08 Å². The monoisotopic (exact) mass is 381 g/mol. The van der Waals surface area contributed by atoms with Crippen molar-refractivity contribution in [3.8, 4) is 11.1 Å². The maximum absolute atomic E-state index is 12.5. The van der Waals surface area contributed by atoms with Crippen molar-refractivity contribution in [1.29, 1.82) is 0 Å². The molecule has 0 bridgehead atoms. The number of hydrogen-bond acceptors (Lipinski definition) is 5. The highest BCUT2D eigenvalue weighted by Gasteiger charge is 2.30. The molecule has 2 aromatic carbocycles. The number of amides is 1. The Labute approximate surface area is 163 Å². The first-order valence-electron chi connectivity index (χ1n) is 9.15. The van der Waals surface area contributed by atoms with Gasteiger partial charge in [0.05, 0.1) is 0 Å². The lowest BCUT2D eigenvalue weighted by molar-refractivity contribution is -0.146. The van der Waals surface area contributed by atoms with Gasteiger partial charge in [-0.1, -0.05) is 61.2 Å². The zero-order valence-corrected chi connectivity index (χ0v) is 15.5. The number of fused-ring (bicyclic) bond motifs is 3. The summed E-state index contributed by atoms with van der Waals surface area (Å²) in [4.78, 5) is 24.2. The van der Waals surface area contributed by atoms with Crippen molar-refractivity contribution in [2.75, 3.05) is 19.8 Å². The van der Waals surface area contributed by atoms with Gasteiger partial charge in [-0.3, -0.25) is 0 Å². The fraction of sp³-hybridized carbons (Fsp3) is 0.273. The van der Waals surface area contributed by atoms with Crippen LogP contribution in [0, 0.1) is 0 Å². The van der Waals surface area contributed by atoms with Gasteiger partial charge in [-0.15, -0.1) is 0 Å². The third-order valence-corrected chi connectivity index (χ3v) is 4.68. The highest BCUT2D eigenvalue weighted by molar-refractivity contribution is 5.82. The van der Waals surface area contributed by atoms with E-state index in [4.69, 9.17) is 9.47 Å². The standard InChI is InChI=1S/C22H23NO5/c1-2-13-27-22(26)23-20(11-12-24)21(25)28-14-19-17-9-5-3-7-15(17)16-8-4-6-10-18(16)19/h2-10,19-20,24H,1,11-14H2,(H,23,26)/t20-/m0/s1. The van der Waals surface area contributed by atoms with Gasteiger partial charge in [-0.05, 0) is 22.3 Å². The van der Waals surface area contributed by atoms with Crippen molar-refractivity contribution in [1.82, 2.24) is 5.32 Å². The maximum atomic E-state index is 12.5. The van der Waals surface area contributed by atoms with Crippen LogP contribution in [-0.2, 0) is 14.3 Å². The summed E-state index contributed by atoms with van der Waals surface area (Å²) in [6.45, 7) is 3.37. The number of aliphatic hydroxyl groups excluding tert-OH is 1. The topological polar surface area (TPSA) is 84.9 Å². The minimum Gasteiger partial charge on any atom is -0.463 e. The minimum atomic E-state index is -0.978. The lowest BCUT2D eigenvalue weighted by atomic mass is 9.98. The van der Waals surface area contributed by atoms with Crippen LogP contribution < -0.4 is 5.32 Å². The number of carbonyl (C=O) groups is 2. The summed E-state index contributed by atoms with van der Waals surface area (Å²) in [6, 6.07) is 15.1. The van der Waals surface area contributed by atoms with Crippen LogP contribution in [0.4, 0.5) is 4.79 Å². The second kappa shape index (κ2) is 9.19. The minimum absolute atomic E-state index is 0.0301. The molecule has 3 rings (SSSR count). The Balaban J connectivity index is 1.69. The Morgan fingerprint density at radius 3 is 2.25 bits per heavy atom. The number of ether oxygens (including phenoxy) is 2. The van der Waals surface area contributed by atoms with Crippen LogP contribution in [0.3, 0.4) is 0 Å². The molecule has 1 atom stereocenters. The van der Waals surface area contributed by atoms with E-state index in [-0.39, 0.29) is 32.2 Å². The van der Waals surface area contributed by atoms with Gasteiger partial charge in [0.1, 0.15) is 19.3 Å². The molecule has 0 spiro atoms. The molecule has 0 saturated carbocycles. The van der Waals surface area contributed by atoms with Gasteiger partial charge in [-0.2, -0.15) is 0 Å². The van der Waals surface area contributed by atoms with Gasteiger partial charge >= 0.3 is 12.1 Å². The van der Waals surface area contributed by atoms with Crippen molar-refractivity contribution in [2.45, 2.75) is 18.4 Å². The van der Waals surface area contributed by atoms with Crippen molar-refractivity contribution in [2.24, 2.45) is 0 Å². The van der Waals surface area contributed by atoms with E-state index in [1.807, 2.05) is 36.4 Å². The molecular formula is C22H23NO5. The predicted octanol–water partition coefficient (Wildman–Crippen LogP) is 3.01. The summed E-state index contributed by atoms with van der Waals surface area (Å²) >= 11 is 0. The van der Waals surface area contributed by atoms with E-state index in [0.717, 1.165) is 22.3 Å². The summed E-state index contributed by atoms with van der Waals surface area (Å²) in [5.74, 6) is -0.676. The largest absolute Gasteiger partial charge is 0.463 e. The second-order valence-corrected chi connectivity index (χ2v) is 6.45. The molecule has 1 aliphatic carbocycles. The first kappa shape index (κ1) is 19.6. The molecule has 2 aromatic rings. The number of rotatable bonds is 8. The molecule has 1 aliphatic rings. The zero-order chi connectivity index (χ0) is 19.9. The number of benzene rings is 2. The van der Waals surface area contributed by atoms with Gasteiger partial charge in [0, 0.05) is 18.9 Å². The molecule has 0 saturated heterocycles. The molecule has 0 heterocycles. The molecule has 0 radical (unpaired) electrons. The Hall–Kier alpha value is -3.12. The van der Waals surface area contributed by atoms with Crippen molar-refractivity contribution >= 4 is 12.1 Å². The van der Waals surface area contributed by atoms with Crippen molar-refractivity contribution < 1.29 is 24.2 Å². The second-order valence-electron chi connectivity index (χ2n) is 6.45. The van der Waals surface area contributed by atoms with Crippen LogP contribution in [0.5, 0.6) is 0 Å². The van der Waals surface area contributed by atoms with Gasteiger partial charge in [0.25, 0.3) is 0 Å². The highest BCUT2D eigenvalue weighted by atomic mass is 16.6. The van der Waals surface area contributed by atoms with Crippen LogP contribution in [0.2, 0.25) is 0 Å². The van der Waals surface area contributed by atoms with E-state index in [1.54, 1.807) is 0 Å². The molecule has 146 valence electrons. The van der Waals surface area contributed by atoms with E-state index in [0.29, 0.717) is 0 Å². The van der Waals surface area contributed by atoms with Crippen LogP contribution in [0.25, 0.3) is 11.1 Å². The number of esters is 1. The fourth-order valence-corrected chi connectivity index (χ4v) is 3.40. The number of aliphatic hydroxyl groups is 1. The maximum Gasteiger partial charge on any atom is 0.408 e. The molecule has 0 fully saturated rings. The fourth-order valence-electron chi connectivity index (χ4n) is 3.40. The first-order chi connectivity index (χ1) is 13.7. The number of nitrogens with one attached hydrogen (secondary N) is 1.